The topological polar surface area (TPSA) is 55.0 Å². The van der Waals surface area contributed by atoms with Crippen molar-refractivity contribution in [3.63, 3.8) is 0 Å². The Bertz CT molecular complexity index is 515. The van der Waals surface area contributed by atoms with Crippen LogP contribution in [0.2, 0.25) is 5.02 Å². The number of hydrogen-bond donors (Lipinski definition) is 1. The van der Waals surface area contributed by atoms with E-state index in [1.165, 1.54) is 6.33 Å². The van der Waals surface area contributed by atoms with Crippen LogP contribution in [0.3, 0.4) is 0 Å². The Balaban J connectivity index is 2.14. The molecule has 5 heteroatoms. The number of nitrogens with zero attached hydrogens (tertiary/aromatic N) is 3. The fourth-order valence-electron chi connectivity index (χ4n) is 1.56. The summed E-state index contributed by atoms with van der Waals surface area (Å²) in [7, 11) is 1.95. The SMILES string of the molecule is CN(Cc1cccc(Cl)c1)c1cc(N)ncn1. The fraction of sp³-hybridized carbons (Fsp3) is 0.167. The summed E-state index contributed by atoms with van der Waals surface area (Å²) in [6.45, 7) is 0.719. The molecule has 1 aromatic carbocycles. The molecule has 0 fully saturated rings. The number of aromatic nitrogens is 2. The summed E-state index contributed by atoms with van der Waals surface area (Å²) in [4.78, 5) is 10.0. The Morgan fingerprint density at radius 1 is 1.29 bits per heavy atom. The van der Waals surface area contributed by atoms with Gasteiger partial charge in [0.05, 0.1) is 0 Å². The predicted octanol–water partition coefficient (Wildman–Crippen LogP) is 2.35. The van der Waals surface area contributed by atoms with Gasteiger partial charge in [0.15, 0.2) is 0 Å². The quantitative estimate of drug-likeness (QED) is 0.906. The Kier molecular flexibility index (Phi) is 3.44. The first-order chi connectivity index (χ1) is 8.15. The summed E-state index contributed by atoms with van der Waals surface area (Å²) in [6.07, 6.45) is 1.46. The molecule has 0 aliphatic rings. The highest BCUT2D eigenvalue weighted by Crippen LogP contribution is 2.16. The minimum absolute atomic E-state index is 0.466. The van der Waals surface area contributed by atoms with Crippen LogP contribution < -0.4 is 10.6 Å². The highest BCUT2D eigenvalue weighted by molar-refractivity contribution is 6.30. The third-order valence-corrected chi connectivity index (χ3v) is 2.61. The molecule has 88 valence electrons. The van der Waals surface area contributed by atoms with E-state index < -0.39 is 0 Å². The van der Waals surface area contributed by atoms with Crippen molar-refractivity contribution < 1.29 is 0 Å². The van der Waals surface area contributed by atoms with E-state index in [0.29, 0.717) is 5.82 Å². The minimum atomic E-state index is 0.466. The molecule has 0 aliphatic heterocycles. The number of benzene rings is 1. The van der Waals surface area contributed by atoms with Crippen LogP contribution in [0.4, 0.5) is 11.6 Å². The van der Waals surface area contributed by atoms with Crippen LogP contribution in [0, 0.1) is 0 Å². The van der Waals surface area contributed by atoms with Crippen LogP contribution in [0.15, 0.2) is 36.7 Å². The zero-order chi connectivity index (χ0) is 12.3. The standard InChI is InChI=1S/C12H13ClN4/c1-17(12-6-11(14)15-8-16-12)7-9-3-2-4-10(13)5-9/h2-6,8H,7H2,1H3,(H2,14,15,16). The number of nitrogens with two attached hydrogens (primary N) is 1. The van der Waals surface area contributed by atoms with E-state index in [4.69, 9.17) is 17.3 Å². The van der Waals surface area contributed by atoms with E-state index >= 15 is 0 Å². The molecule has 2 aromatic rings. The Morgan fingerprint density at radius 3 is 2.82 bits per heavy atom. The number of halogens is 1. The largest absolute Gasteiger partial charge is 0.384 e. The van der Waals surface area contributed by atoms with Crippen molar-refractivity contribution in [1.29, 1.82) is 0 Å². The summed E-state index contributed by atoms with van der Waals surface area (Å²) < 4.78 is 0. The predicted molar refractivity (Wildman–Crippen MR) is 70.0 cm³/mol. The van der Waals surface area contributed by atoms with Gasteiger partial charge in [0.1, 0.15) is 18.0 Å². The molecule has 0 saturated heterocycles. The third kappa shape index (κ3) is 3.07. The molecule has 2 rings (SSSR count). The second-order valence-electron chi connectivity index (χ2n) is 3.79. The molecule has 0 unspecified atom stereocenters. The summed E-state index contributed by atoms with van der Waals surface area (Å²) in [5.74, 6) is 1.26. The van der Waals surface area contributed by atoms with Crippen molar-refractivity contribution in [3.05, 3.63) is 47.2 Å². The molecule has 1 aromatic heterocycles. The summed E-state index contributed by atoms with van der Waals surface area (Å²) in [5, 5.41) is 0.734. The maximum Gasteiger partial charge on any atom is 0.134 e. The summed E-state index contributed by atoms with van der Waals surface area (Å²) >= 11 is 5.94. The molecule has 4 nitrogen and oxygen atoms in total. The smallest absolute Gasteiger partial charge is 0.134 e. The number of rotatable bonds is 3. The van der Waals surface area contributed by atoms with E-state index in [2.05, 4.69) is 9.97 Å². The van der Waals surface area contributed by atoms with Crippen molar-refractivity contribution in [2.75, 3.05) is 17.7 Å². The first-order valence-corrected chi connectivity index (χ1v) is 5.56. The maximum absolute atomic E-state index is 5.94. The first kappa shape index (κ1) is 11.7. The zero-order valence-electron chi connectivity index (χ0n) is 9.47. The van der Waals surface area contributed by atoms with Crippen molar-refractivity contribution in [2.45, 2.75) is 6.54 Å². The molecule has 0 aliphatic carbocycles. The van der Waals surface area contributed by atoms with Gasteiger partial charge in [0.25, 0.3) is 0 Å². The Morgan fingerprint density at radius 2 is 2.12 bits per heavy atom. The second kappa shape index (κ2) is 5.01. The van der Waals surface area contributed by atoms with Crippen molar-refractivity contribution >= 4 is 23.2 Å². The second-order valence-corrected chi connectivity index (χ2v) is 4.22. The number of anilines is 2. The highest BCUT2D eigenvalue weighted by Gasteiger charge is 2.04. The molecule has 0 radical (unpaired) electrons. The monoisotopic (exact) mass is 248 g/mol. The molecule has 17 heavy (non-hydrogen) atoms. The van der Waals surface area contributed by atoms with E-state index in [0.717, 1.165) is 22.9 Å². The normalized spacial score (nSPS) is 10.2. The molecular formula is C12H13ClN4. The van der Waals surface area contributed by atoms with Gasteiger partial charge in [-0.25, -0.2) is 9.97 Å². The zero-order valence-corrected chi connectivity index (χ0v) is 10.2. The van der Waals surface area contributed by atoms with E-state index in [-0.39, 0.29) is 0 Å². The molecule has 0 atom stereocenters. The number of nitrogen functional groups attached to an aromatic ring is 1. The van der Waals surface area contributed by atoms with Gasteiger partial charge < -0.3 is 10.6 Å². The molecular weight excluding hydrogens is 236 g/mol. The van der Waals surface area contributed by atoms with E-state index in [1.54, 1.807) is 6.07 Å². The molecule has 0 spiro atoms. The molecule has 1 heterocycles. The number of hydrogen-bond acceptors (Lipinski definition) is 4. The van der Waals surface area contributed by atoms with Crippen LogP contribution in [0.1, 0.15) is 5.56 Å². The van der Waals surface area contributed by atoms with Gasteiger partial charge in [-0.2, -0.15) is 0 Å². The highest BCUT2D eigenvalue weighted by atomic mass is 35.5. The molecule has 0 saturated carbocycles. The lowest BCUT2D eigenvalue weighted by atomic mass is 10.2. The van der Waals surface area contributed by atoms with Gasteiger partial charge in [0.2, 0.25) is 0 Å². The fourth-order valence-corrected chi connectivity index (χ4v) is 1.77. The van der Waals surface area contributed by atoms with Crippen LogP contribution >= 0.6 is 11.6 Å². The summed E-state index contributed by atoms with van der Waals surface area (Å²) in [5.41, 5.74) is 6.74. The lowest BCUT2D eigenvalue weighted by Crippen LogP contribution is -2.18. The van der Waals surface area contributed by atoms with Crippen LogP contribution in [0.5, 0.6) is 0 Å². The molecule has 0 amide bonds. The van der Waals surface area contributed by atoms with Crippen molar-refractivity contribution in [2.24, 2.45) is 0 Å². The maximum atomic E-state index is 5.94. The average Bonchev–Trinajstić information content (AvgIpc) is 2.29. The average molecular weight is 249 g/mol. The minimum Gasteiger partial charge on any atom is -0.384 e. The van der Waals surface area contributed by atoms with Crippen LogP contribution in [-0.2, 0) is 6.54 Å². The van der Waals surface area contributed by atoms with Gasteiger partial charge in [-0.05, 0) is 17.7 Å². The lowest BCUT2D eigenvalue weighted by Gasteiger charge is -2.18. The first-order valence-electron chi connectivity index (χ1n) is 5.18. The van der Waals surface area contributed by atoms with Gasteiger partial charge in [-0.15, -0.1) is 0 Å². The van der Waals surface area contributed by atoms with Gasteiger partial charge in [0, 0.05) is 24.7 Å². The van der Waals surface area contributed by atoms with Gasteiger partial charge in [-0.1, -0.05) is 23.7 Å². The van der Waals surface area contributed by atoms with Crippen molar-refractivity contribution in [1.82, 2.24) is 9.97 Å². The van der Waals surface area contributed by atoms with E-state index in [1.807, 2.05) is 36.2 Å². The van der Waals surface area contributed by atoms with Gasteiger partial charge >= 0.3 is 0 Å². The van der Waals surface area contributed by atoms with Crippen LogP contribution in [0.25, 0.3) is 0 Å². The summed E-state index contributed by atoms with van der Waals surface area (Å²) in [6, 6.07) is 9.48. The Hall–Kier alpha value is -1.81. The third-order valence-electron chi connectivity index (χ3n) is 2.37. The van der Waals surface area contributed by atoms with Crippen LogP contribution in [-0.4, -0.2) is 17.0 Å². The lowest BCUT2D eigenvalue weighted by molar-refractivity contribution is 0.892. The van der Waals surface area contributed by atoms with Gasteiger partial charge in [-0.3, -0.25) is 0 Å². The molecule has 0 bridgehead atoms. The van der Waals surface area contributed by atoms with E-state index in [9.17, 15) is 0 Å². The van der Waals surface area contributed by atoms with Crippen molar-refractivity contribution in [3.8, 4) is 0 Å². The molecule has 2 N–H and O–H groups in total. The Labute approximate surface area is 105 Å².